The summed E-state index contributed by atoms with van der Waals surface area (Å²) in [5.74, 6) is 0.470. The van der Waals surface area contributed by atoms with Gasteiger partial charge in [0.1, 0.15) is 0 Å². The van der Waals surface area contributed by atoms with Crippen LogP contribution in [0.15, 0.2) is 29.2 Å². The zero-order valence-electron chi connectivity index (χ0n) is 10.3. The summed E-state index contributed by atoms with van der Waals surface area (Å²) in [5.41, 5.74) is 0.873. The second kappa shape index (κ2) is 7.35. The Labute approximate surface area is 107 Å². The van der Waals surface area contributed by atoms with Crippen LogP contribution < -0.4 is 5.32 Å². The topological polar surface area (TPSA) is 49.3 Å². The van der Waals surface area contributed by atoms with Crippen molar-refractivity contribution >= 4 is 17.7 Å². The molecule has 1 atom stereocenters. The number of nitrogens with one attached hydrogen (secondary N) is 1. The van der Waals surface area contributed by atoms with Crippen LogP contribution in [0.1, 0.15) is 25.8 Å². The van der Waals surface area contributed by atoms with Crippen LogP contribution in [0.3, 0.4) is 0 Å². The molecule has 0 bridgehead atoms. The quantitative estimate of drug-likeness (QED) is 0.764. The van der Waals surface area contributed by atoms with E-state index in [0.717, 1.165) is 16.9 Å². The van der Waals surface area contributed by atoms with Crippen LogP contribution in [-0.2, 0) is 11.4 Å². The summed E-state index contributed by atoms with van der Waals surface area (Å²) < 4.78 is 0. The first-order chi connectivity index (χ1) is 8.15. The first-order valence-electron chi connectivity index (χ1n) is 5.77. The summed E-state index contributed by atoms with van der Waals surface area (Å²) in [6.45, 7) is 4.07. The maximum absolute atomic E-state index is 11.6. The predicted molar refractivity (Wildman–Crippen MR) is 71.0 cm³/mol. The summed E-state index contributed by atoms with van der Waals surface area (Å²) in [6.07, 6.45) is 0.941. The van der Waals surface area contributed by atoms with E-state index in [4.69, 9.17) is 5.11 Å². The first kappa shape index (κ1) is 14.1. The van der Waals surface area contributed by atoms with Gasteiger partial charge < -0.3 is 10.4 Å². The average Bonchev–Trinajstić information content (AvgIpc) is 2.36. The molecule has 0 fully saturated rings. The van der Waals surface area contributed by atoms with Crippen molar-refractivity contribution in [3.8, 4) is 0 Å². The third-order valence-electron chi connectivity index (χ3n) is 2.47. The predicted octanol–water partition coefficient (Wildman–Crippen LogP) is 2.19. The minimum atomic E-state index is 0.0352. The van der Waals surface area contributed by atoms with Crippen LogP contribution in [0.5, 0.6) is 0 Å². The lowest BCUT2D eigenvalue weighted by atomic mass is 10.2. The molecule has 1 aromatic carbocycles. The van der Waals surface area contributed by atoms with E-state index in [-0.39, 0.29) is 18.6 Å². The van der Waals surface area contributed by atoms with Gasteiger partial charge in [0, 0.05) is 10.9 Å². The van der Waals surface area contributed by atoms with Gasteiger partial charge in [-0.05, 0) is 31.0 Å². The number of carbonyl (C=O) groups is 1. The monoisotopic (exact) mass is 253 g/mol. The summed E-state index contributed by atoms with van der Waals surface area (Å²) in [4.78, 5) is 12.6. The van der Waals surface area contributed by atoms with Gasteiger partial charge in [-0.3, -0.25) is 4.79 Å². The van der Waals surface area contributed by atoms with Crippen LogP contribution in [0, 0.1) is 0 Å². The maximum Gasteiger partial charge on any atom is 0.230 e. The SMILES string of the molecule is CCC(C)NC(=O)CSc1cccc(CO)c1. The molecular weight excluding hydrogens is 234 g/mol. The van der Waals surface area contributed by atoms with Gasteiger partial charge in [0.25, 0.3) is 0 Å². The van der Waals surface area contributed by atoms with Crippen molar-refractivity contribution in [2.75, 3.05) is 5.75 Å². The lowest BCUT2D eigenvalue weighted by Gasteiger charge is -2.11. The number of thioether (sulfide) groups is 1. The van der Waals surface area contributed by atoms with Gasteiger partial charge in [-0.25, -0.2) is 0 Å². The lowest BCUT2D eigenvalue weighted by molar-refractivity contribution is -0.119. The molecule has 1 unspecified atom stereocenters. The van der Waals surface area contributed by atoms with Gasteiger partial charge in [0.15, 0.2) is 0 Å². The van der Waals surface area contributed by atoms with Crippen molar-refractivity contribution in [1.29, 1.82) is 0 Å². The van der Waals surface area contributed by atoms with Crippen LogP contribution in [0.25, 0.3) is 0 Å². The highest BCUT2D eigenvalue weighted by Crippen LogP contribution is 2.18. The van der Waals surface area contributed by atoms with Crippen LogP contribution in [0.4, 0.5) is 0 Å². The Hall–Kier alpha value is -1.00. The van der Waals surface area contributed by atoms with Crippen molar-refractivity contribution in [3.63, 3.8) is 0 Å². The van der Waals surface area contributed by atoms with E-state index >= 15 is 0 Å². The minimum absolute atomic E-state index is 0.0352. The number of aliphatic hydroxyl groups excluding tert-OH is 1. The smallest absolute Gasteiger partial charge is 0.230 e. The van der Waals surface area contributed by atoms with Crippen molar-refractivity contribution in [1.82, 2.24) is 5.32 Å². The largest absolute Gasteiger partial charge is 0.392 e. The molecule has 0 spiro atoms. The molecule has 0 aliphatic heterocycles. The first-order valence-corrected chi connectivity index (χ1v) is 6.76. The fraction of sp³-hybridized carbons (Fsp3) is 0.462. The molecule has 0 saturated carbocycles. The van der Waals surface area contributed by atoms with Crippen LogP contribution >= 0.6 is 11.8 Å². The van der Waals surface area contributed by atoms with Crippen molar-refractivity contribution in [2.45, 2.75) is 37.8 Å². The molecule has 1 aromatic rings. The second-order valence-corrected chi connectivity index (χ2v) is 5.02. The number of rotatable bonds is 6. The van der Waals surface area contributed by atoms with E-state index < -0.39 is 0 Å². The minimum Gasteiger partial charge on any atom is -0.392 e. The van der Waals surface area contributed by atoms with E-state index in [9.17, 15) is 4.79 Å². The highest BCUT2D eigenvalue weighted by atomic mass is 32.2. The number of hydrogen-bond acceptors (Lipinski definition) is 3. The Morgan fingerprint density at radius 1 is 1.53 bits per heavy atom. The number of aliphatic hydroxyl groups is 1. The average molecular weight is 253 g/mol. The summed E-state index contributed by atoms with van der Waals surface area (Å²) in [7, 11) is 0. The van der Waals surface area contributed by atoms with Gasteiger partial charge in [0.2, 0.25) is 5.91 Å². The molecular formula is C13H19NO2S. The molecule has 0 heterocycles. The molecule has 0 aliphatic carbocycles. The highest BCUT2D eigenvalue weighted by Gasteiger charge is 2.06. The van der Waals surface area contributed by atoms with E-state index in [0.29, 0.717) is 5.75 Å². The fourth-order valence-electron chi connectivity index (χ4n) is 1.30. The molecule has 4 heteroatoms. The Morgan fingerprint density at radius 3 is 2.94 bits per heavy atom. The van der Waals surface area contributed by atoms with E-state index in [1.54, 1.807) is 0 Å². The molecule has 3 nitrogen and oxygen atoms in total. The molecule has 1 amide bonds. The van der Waals surface area contributed by atoms with Gasteiger partial charge in [-0.15, -0.1) is 11.8 Å². The van der Waals surface area contributed by atoms with Gasteiger partial charge >= 0.3 is 0 Å². The van der Waals surface area contributed by atoms with Crippen LogP contribution in [-0.4, -0.2) is 22.8 Å². The lowest BCUT2D eigenvalue weighted by Crippen LogP contribution is -2.33. The van der Waals surface area contributed by atoms with Gasteiger partial charge in [0.05, 0.1) is 12.4 Å². The number of benzene rings is 1. The Kier molecular flexibility index (Phi) is 6.08. The summed E-state index contributed by atoms with van der Waals surface area (Å²) in [6, 6.07) is 7.83. The zero-order valence-corrected chi connectivity index (χ0v) is 11.1. The molecule has 0 aliphatic rings. The molecule has 1 rings (SSSR count). The Balaban J connectivity index is 2.41. The number of carbonyl (C=O) groups excluding carboxylic acids is 1. The zero-order chi connectivity index (χ0) is 12.7. The molecule has 0 saturated heterocycles. The molecule has 94 valence electrons. The molecule has 2 N–H and O–H groups in total. The van der Waals surface area contributed by atoms with E-state index in [1.165, 1.54) is 11.8 Å². The highest BCUT2D eigenvalue weighted by molar-refractivity contribution is 8.00. The fourth-order valence-corrected chi connectivity index (χ4v) is 2.09. The maximum atomic E-state index is 11.6. The third-order valence-corrected chi connectivity index (χ3v) is 3.46. The standard InChI is InChI=1S/C13H19NO2S/c1-3-10(2)14-13(16)9-17-12-6-4-5-11(7-12)8-15/h4-7,10,15H,3,8-9H2,1-2H3,(H,14,16). The molecule has 0 radical (unpaired) electrons. The van der Waals surface area contributed by atoms with Crippen molar-refractivity contribution in [2.24, 2.45) is 0 Å². The number of hydrogen-bond donors (Lipinski definition) is 2. The summed E-state index contributed by atoms with van der Waals surface area (Å²) in [5, 5.41) is 11.9. The van der Waals surface area contributed by atoms with Gasteiger partial charge in [-0.2, -0.15) is 0 Å². The molecule has 0 aromatic heterocycles. The second-order valence-electron chi connectivity index (χ2n) is 3.97. The van der Waals surface area contributed by atoms with Crippen molar-refractivity contribution in [3.05, 3.63) is 29.8 Å². The van der Waals surface area contributed by atoms with E-state index in [2.05, 4.69) is 5.32 Å². The van der Waals surface area contributed by atoms with Crippen molar-refractivity contribution < 1.29 is 9.90 Å². The Bertz CT molecular complexity index is 368. The van der Waals surface area contributed by atoms with Gasteiger partial charge in [-0.1, -0.05) is 19.1 Å². The normalized spacial score (nSPS) is 12.2. The molecule has 17 heavy (non-hydrogen) atoms. The van der Waals surface area contributed by atoms with Crippen LogP contribution in [0.2, 0.25) is 0 Å². The third kappa shape index (κ3) is 5.24. The Morgan fingerprint density at radius 2 is 2.29 bits per heavy atom. The summed E-state index contributed by atoms with van der Waals surface area (Å²) >= 11 is 1.49. The van der Waals surface area contributed by atoms with E-state index in [1.807, 2.05) is 38.1 Å². The number of amides is 1.